The van der Waals surface area contributed by atoms with E-state index in [0.717, 1.165) is 25.9 Å². The molecule has 0 aromatic heterocycles. The zero-order valence-electron chi connectivity index (χ0n) is 12.6. The van der Waals surface area contributed by atoms with Crippen LogP contribution < -0.4 is 4.90 Å². The average molecular weight is 381 g/mol. The summed E-state index contributed by atoms with van der Waals surface area (Å²) in [5.74, 6) is -1.33. The van der Waals surface area contributed by atoms with Gasteiger partial charge in [-0.1, -0.05) is 6.07 Å². The number of hydrogen-bond acceptors (Lipinski definition) is 5. The summed E-state index contributed by atoms with van der Waals surface area (Å²) in [5.41, 5.74) is 1.15. The summed E-state index contributed by atoms with van der Waals surface area (Å²) in [5, 5.41) is 0. The van der Waals surface area contributed by atoms with E-state index in [1.54, 1.807) is 11.0 Å². The summed E-state index contributed by atoms with van der Waals surface area (Å²) >= 11 is 3.36. The Kier molecular flexibility index (Phi) is 3.76. The zero-order chi connectivity index (χ0) is 16.0. The molecule has 0 radical (unpaired) electrons. The first kappa shape index (κ1) is 15.3. The highest BCUT2D eigenvalue weighted by atomic mass is 79.9. The van der Waals surface area contributed by atoms with Gasteiger partial charge in [-0.05, 0) is 28.1 Å². The number of amides is 1. The van der Waals surface area contributed by atoms with E-state index >= 15 is 0 Å². The van der Waals surface area contributed by atoms with E-state index in [0.29, 0.717) is 35.6 Å². The molecule has 3 heterocycles. The average Bonchev–Trinajstić information content (AvgIpc) is 3.10. The number of anilines is 1. The molecule has 1 amide bonds. The van der Waals surface area contributed by atoms with Crippen LogP contribution >= 0.6 is 15.9 Å². The molecule has 6 nitrogen and oxygen atoms in total. The van der Waals surface area contributed by atoms with Crippen LogP contribution in [0.1, 0.15) is 23.2 Å². The van der Waals surface area contributed by atoms with Crippen LogP contribution in [0, 0.1) is 0 Å². The number of rotatable bonds is 2. The van der Waals surface area contributed by atoms with Crippen LogP contribution in [-0.4, -0.2) is 55.3 Å². The van der Waals surface area contributed by atoms with Crippen molar-refractivity contribution >= 4 is 33.3 Å². The SMILES string of the molecule is O=C1C(=O)N(CN2CCC3(CC2)OCCO3)c2cccc(Br)c21. The first-order valence-corrected chi connectivity index (χ1v) is 8.54. The molecule has 0 aliphatic carbocycles. The van der Waals surface area contributed by atoms with Gasteiger partial charge in [0.2, 0.25) is 0 Å². The van der Waals surface area contributed by atoms with Gasteiger partial charge in [-0.2, -0.15) is 0 Å². The molecule has 1 spiro atoms. The molecule has 0 N–H and O–H groups in total. The molecule has 0 saturated carbocycles. The second-order valence-electron chi connectivity index (χ2n) is 6.06. The monoisotopic (exact) mass is 380 g/mol. The topological polar surface area (TPSA) is 59.1 Å². The van der Waals surface area contributed by atoms with Gasteiger partial charge in [0.25, 0.3) is 5.78 Å². The second-order valence-corrected chi connectivity index (χ2v) is 6.92. The highest BCUT2D eigenvalue weighted by molar-refractivity contribution is 9.10. The van der Waals surface area contributed by atoms with Crippen molar-refractivity contribution in [1.82, 2.24) is 4.90 Å². The molecule has 0 atom stereocenters. The van der Waals surface area contributed by atoms with Crippen LogP contribution in [0.4, 0.5) is 5.69 Å². The molecule has 4 rings (SSSR count). The van der Waals surface area contributed by atoms with Crippen LogP contribution in [0.5, 0.6) is 0 Å². The number of fused-ring (bicyclic) bond motifs is 1. The molecule has 3 aliphatic rings. The first-order chi connectivity index (χ1) is 11.1. The van der Waals surface area contributed by atoms with Crippen molar-refractivity contribution in [2.75, 3.05) is 37.9 Å². The minimum absolute atomic E-state index is 0.421. The molecular weight excluding hydrogens is 364 g/mol. The summed E-state index contributed by atoms with van der Waals surface area (Å²) in [7, 11) is 0. The molecule has 122 valence electrons. The van der Waals surface area contributed by atoms with Crippen LogP contribution in [0.2, 0.25) is 0 Å². The Morgan fingerprint density at radius 2 is 1.83 bits per heavy atom. The number of likely N-dealkylation sites (tertiary alicyclic amines) is 1. The number of halogens is 1. The third-order valence-electron chi connectivity index (χ3n) is 4.72. The van der Waals surface area contributed by atoms with Gasteiger partial charge >= 0.3 is 5.91 Å². The summed E-state index contributed by atoms with van der Waals surface area (Å²) in [4.78, 5) is 28.2. The lowest BCUT2D eigenvalue weighted by molar-refractivity contribution is -0.185. The smallest absolute Gasteiger partial charge is 0.300 e. The Balaban J connectivity index is 1.49. The number of carbonyl (C=O) groups is 2. The Labute approximate surface area is 142 Å². The van der Waals surface area contributed by atoms with E-state index < -0.39 is 17.5 Å². The number of Topliss-reactive ketones (excluding diaryl/α,β-unsaturated/α-hetero) is 1. The predicted molar refractivity (Wildman–Crippen MR) is 86.3 cm³/mol. The van der Waals surface area contributed by atoms with Crippen LogP contribution in [-0.2, 0) is 14.3 Å². The number of ketones is 1. The van der Waals surface area contributed by atoms with Gasteiger partial charge in [0.15, 0.2) is 5.79 Å². The van der Waals surface area contributed by atoms with Crippen molar-refractivity contribution in [1.29, 1.82) is 0 Å². The highest BCUT2D eigenvalue weighted by Crippen LogP contribution is 2.36. The van der Waals surface area contributed by atoms with Gasteiger partial charge in [-0.3, -0.25) is 19.4 Å². The zero-order valence-corrected chi connectivity index (χ0v) is 14.2. The molecule has 1 aromatic carbocycles. The van der Waals surface area contributed by atoms with E-state index in [2.05, 4.69) is 20.8 Å². The maximum absolute atomic E-state index is 12.3. The van der Waals surface area contributed by atoms with E-state index in [-0.39, 0.29) is 0 Å². The number of carbonyl (C=O) groups excluding carboxylic acids is 2. The van der Waals surface area contributed by atoms with Crippen molar-refractivity contribution in [3.05, 3.63) is 28.2 Å². The van der Waals surface area contributed by atoms with Gasteiger partial charge in [0.1, 0.15) is 0 Å². The minimum atomic E-state index is -0.458. The summed E-state index contributed by atoms with van der Waals surface area (Å²) in [6.07, 6.45) is 1.57. The highest BCUT2D eigenvalue weighted by Gasteiger charge is 2.42. The predicted octanol–water partition coefficient (Wildman–Crippen LogP) is 1.77. The molecule has 2 saturated heterocycles. The third-order valence-corrected chi connectivity index (χ3v) is 5.38. The fourth-order valence-corrected chi connectivity index (χ4v) is 4.00. The number of benzene rings is 1. The largest absolute Gasteiger partial charge is 0.347 e. The fraction of sp³-hybridized carbons (Fsp3) is 0.500. The Morgan fingerprint density at radius 1 is 1.13 bits per heavy atom. The standard InChI is InChI=1S/C16H17BrN2O4/c17-11-2-1-3-12-13(11)14(20)15(21)19(12)10-18-6-4-16(5-7-18)22-8-9-23-16/h1-3H,4-10H2. The van der Waals surface area contributed by atoms with Crippen molar-refractivity contribution in [3.63, 3.8) is 0 Å². The summed E-state index contributed by atoms with van der Waals surface area (Å²) in [6.45, 7) is 3.29. The number of nitrogens with zero attached hydrogens (tertiary/aromatic N) is 2. The van der Waals surface area contributed by atoms with Gasteiger partial charge in [0.05, 0.1) is 31.1 Å². The molecule has 3 aliphatic heterocycles. The van der Waals surface area contributed by atoms with E-state index in [9.17, 15) is 9.59 Å². The van der Waals surface area contributed by atoms with E-state index in [1.165, 1.54) is 0 Å². The molecular formula is C16H17BrN2O4. The van der Waals surface area contributed by atoms with Gasteiger partial charge in [-0.25, -0.2) is 0 Å². The maximum atomic E-state index is 12.3. The van der Waals surface area contributed by atoms with Crippen LogP contribution in [0.15, 0.2) is 22.7 Å². The normalized spacial score (nSPS) is 23.8. The first-order valence-electron chi connectivity index (χ1n) is 7.75. The van der Waals surface area contributed by atoms with Gasteiger partial charge in [-0.15, -0.1) is 0 Å². The molecule has 7 heteroatoms. The lowest BCUT2D eigenvalue weighted by atomic mass is 10.0. The third kappa shape index (κ3) is 2.52. The Morgan fingerprint density at radius 3 is 2.52 bits per heavy atom. The minimum Gasteiger partial charge on any atom is -0.347 e. The van der Waals surface area contributed by atoms with Gasteiger partial charge in [0, 0.05) is 30.4 Å². The molecule has 23 heavy (non-hydrogen) atoms. The fourth-order valence-electron chi connectivity index (χ4n) is 3.46. The molecule has 1 aromatic rings. The van der Waals surface area contributed by atoms with Crippen molar-refractivity contribution in [2.45, 2.75) is 18.6 Å². The quantitative estimate of drug-likeness (QED) is 0.731. The number of ether oxygens (including phenoxy) is 2. The maximum Gasteiger partial charge on any atom is 0.300 e. The molecule has 0 bridgehead atoms. The van der Waals surface area contributed by atoms with Crippen LogP contribution in [0.25, 0.3) is 0 Å². The van der Waals surface area contributed by atoms with Crippen molar-refractivity contribution < 1.29 is 19.1 Å². The van der Waals surface area contributed by atoms with Crippen molar-refractivity contribution in [3.8, 4) is 0 Å². The molecule has 2 fully saturated rings. The summed E-state index contributed by atoms with van der Waals surface area (Å²) < 4.78 is 12.1. The van der Waals surface area contributed by atoms with Crippen molar-refractivity contribution in [2.24, 2.45) is 0 Å². The van der Waals surface area contributed by atoms with Gasteiger partial charge < -0.3 is 9.47 Å². The van der Waals surface area contributed by atoms with E-state index in [4.69, 9.17) is 9.47 Å². The molecule has 0 unspecified atom stereocenters. The number of hydrogen-bond donors (Lipinski definition) is 0. The second kappa shape index (κ2) is 5.66. The lowest BCUT2D eigenvalue weighted by Crippen LogP contribution is -2.49. The van der Waals surface area contributed by atoms with E-state index in [1.807, 2.05) is 12.1 Å². The Bertz CT molecular complexity index is 662. The number of piperidine rings is 1. The summed E-state index contributed by atoms with van der Waals surface area (Å²) in [6, 6.07) is 5.44. The Hall–Kier alpha value is -1.28. The van der Waals surface area contributed by atoms with Crippen LogP contribution in [0.3, 0.4) is 0 Å². The lowest BCUT2D eigenvalue weighted by Gasteiger charge is -2.38.